The predicted octanol–water partition coefficient (Wildman–Crippen LogP) is 0.643. The maximum atomic E-state index is 11.7. The molecule has 1 heterocycles. The fourth-order valence-corrected chi connectivity index (χ4v) is 2.25. The summed E-state index contributed by atoms with van der Waals surface area (Å²) in [6.45, 7) is 7.06. The Kier molecular flexibility index (Phi) is 4.95. The highest BCUT2D eigenvalue weighted by atomic mass is 32.2. The van der Waals surface area contributed by atoms with Crippen molar-refractivity contribution >= 4 is 15.7 Å². The molecule has 0 unspecified atom stereocenters. The average Bonchev–Trinajstić information content (AvgIpc) is 2.63. The Morgan fingerprint density at radius 3 is 2.71 bits per heavy atom. The van der Waals surface area contributed by atoms with Crippen LogP contribution in [0.25, 0.3) is 0 Å². The number of anilines is 1. The Bertz CT molecular complexity index is 439. The van der Waals surface area contributed by atoms with Crippen LogP contribution in [0.5, 0.6) is 0 Å². The smallest absolute Gasteiger partial charge is 0.234 e. The van der Waals surface area contributed by atoms with Gasteiger partial charge in [0.1, 0.15) is 0 Å². The Morgan fingerprint density at radius 2 is 2.18 bits per heavy atom. The zero-order chi connectivity index (χ0) is 12.9. The predicted molar refractivity (Wildman–Crippen MR) is 68.4 cm³/mol. The molecular formula is C10H20N4O2S. The van der Waals surface area contributed by atoms with E-state index in [1.165, 1.54) is 6.20 Å². The number of nitrogens with zero attached hydrogens (tertiary/aromatic N) is 2. The van der Waals surface area contributed by atoms with Crippen LogP contribution in [0.1, 0.15) is 20.8 Å². The largest absolute Gasteiger partial charge is 0.313 e. The number of rotatable bonds is 7. The molecule has 0 saturated carbocycles. The molecule has 0 aromatic carbocycles. The molecule has 0 aliphatic carbocycles. The lowest BCUT2D eigenvalue weighted by Gasteiger charge is -2.09. The molecule has 6 nitrogen and oxygen atoms in total. The molecule has 17 heavy (non-hydrogen) atoms. The van der Waals surface area contributed by atoms with Gasteiger partial charge in [-0.05, 0) is 6.92 Å². The highest BCUT2D eigenvalue weighted by Gasteiger charge is 2.11. The minimum absolute atomic E-state index is 0.0580. The van der Waals surface area contributed by atoms with Crippen molar-refractivity contribution in [2.24, 2.45) is 0 Å². The fourth-order valence-electron chi connectivity index (χ4n) is 1.30. The lowest BCUT2D eigenvalue weighted by molar-refractivity contribution is 0.582. The number of sulfonamides is 1. The molecule has 98 valence electrons. The average molecular weight is 260 g/mol. The first-order valence-electron chi connectivity index (χ1n) is 5.69. The summed E-state index contributed by atoms with van der Waals surface area (Å²) in [5.74, 6) is 0.0580. The van der Waals surface area contributed by atoms with Crippen LogP contribution in [-0.2, 0) is 16.6 Å². The minimum Gasteiger partial charge on any atom is -0.313 e. The van der Waals surface area contributed by atoms with Gasteiger partial charge < -0.3 is 5.32 Å². The van der Waals surface area contributed by atoms with Crippen LogP contribution in [-0.4, -0.2) is 36.5 Å². The van der Waals surface area contributed by atoms with E-state index in [4.69, 9.17) is 0 Å². The number of aryl methyl sites for hydroxylation is 1. The summed E-state index contributed by atoms with van der Waals surface area (Å²) in [5.41, 5.74) is 0.511. The number of hydrogen-bond acceptors (Lipinski definition) is 4. The molecule has 0 aliphatic rings. The third-order valence-corrected chi connectivity index (χ3v) is 3.44. The van der Waals surface area contributed by atoms with Crippen LogP contribution in [0.4, 0.5) is 5.69 Å². The lowest BCUT2D eigenvalue weighted by Crippen LogP contribution is -2.30. The van der Waals surface area contributed by atoms with E-state index in [-0.39, 0.29) is 11.8 Å². The van der Waals surface area contributed by atoms with Crippen molar-refractivity contribution in [1.29, 1.82) is 0 Å². The van der Waals surface area contributed by atoms with E-state index in [0.29, 0.717) is 12.2 Å². The summed E-state index contributed by atoms with van der Waals surface area (Å²) in [7, 11) is -3.29. The third kappa shape index (κ3) is 5.18. The summed E-state index contributed by atoms with van der Waals surface area (Å²) < 4.78 is 27.5. The van der Waals surface area contributed by atoms with E-state index in [0.717, 1.165) is 6.54 Å². The second-order valence-electron chi connectivity index (χ2n) is 4.11. The molecule has 0 fully saturated rings. The van der Waals surface area contributed by atoms with Crippen molar-refractivity contribution < 1.29 is 8.42 Å². The van der Waals surface area contributed by atoms with E-state index < -0.39 is 10.0 Å². The fraction of sp³-hybridized carbons (Fsp3) is 0.700. The normalized spacial score (nSPS) is 12.0. The molecule has 0 amide bonds. The van der Waals surface area contributed by atoms with Crippen molar-refractivity contribution in [2.45, 2.75) is 33.4 Å². The molecule has 0 spiro atoms. The van der Waals surface area contributed by atoms with E-state index in [1.807, 2.05) is 20.8 Å². The van der Waals surface area contributed by atoms with Crippen LogP contribution < -0.4 is 10.0 Å². The topological polar surface area (TPSA) is 76.0 Å². The maximum Gasteiger partial charge on any atom is 0.234 e. The van der Waals surface area contributed by atoms with E-state index >= 15 is 0 Å². The van der Waals surface area contributed by atoms with Gasteiger partial charge in [-0.25, -0.2) is 8.42 Å². The highest BCUT2D eigenvalue weighted by Crippen LogP contribution is 2.07. The Balaban J connectivity index is 2.48. The molecule has 0 aliphatic heterocycles. The molecular weight excluding hydrogens is 240 g/mol. The Hall–Kier alpha value is -1.08. The first-order valence-corrected chi connectivity index (χ1v) is 7.34. The number of nitrogens with one attached hydrogen (secondary N) is 2. The highest BCUT2D eigenvalue weighted by molar-refractivity contribution is 7.92. The molecule has 0 bridgehead atoms. The van der Waals surface area contributed by atoms with E-state index in [2.05, 4.69) is 15.1 Å². The zero-order valence-electron chi connectivity index (χ0n) is 10.5. The Morgan fingerprint density at radius 1 is 1.47 bits per heavy atom. The number of aromatic nitrogens is 2. The number of hydrogen-bond donors (Lipinski definition) is 2. The summed E-state index contributed by atoms with van der Waals surface area (Å²) in [5, 5.41) is 7.07. The van der Waals surface area contributed by atoms with Gasteiger partial charge in [0.25, 0.3) is 0 Å². The van der Waals surface area contributed by atoms with Crippen LogP contribution in [0.3, 0.4) is 0 Å². The van der Waals surface area contributed by atoms with Crippen molar-refractivity contribution in [2.75, 3.05) is 17.0 Å². The van der Waals surface area contributed by atoms with Gasteiger partial charge in [0.15, 0.2) is 0 Å². The van der Waals surface area contributed by atoms with E-state index in [1.54, 1.807) is 10.9 Å². The summed E-state index contributed by atoms with van der Waals surface area (Å²) in [6.07, 6.45) is 3.18. The zero-order valence-corrected chi connectivity index (χ0v) is 11.3. The van der Waals surface area contributed by atoms with Gasteiger partial charge >= 0.3 is 0 Å². The molecule has 0 atom stereocenters. The van der Waals surface area contributed by atoms with Crippen LogP contribution >= 0.6 is 0 Å². The second kappa shape index (κ2) is 6.02. The maximum absolute atomic E-state index is 11.7. The molecule has 1 aromatic heterocycles. The van der Waals surface area contributed by atoms with E-state index in [9.17, 15) is 8.42 Å². The third-order valence-electron chi connectivity index (χ3n) is 2.15. The molecule has 0 saturated heterocycles. The van der Waals surface area contributed by atoms with Crippen LogP contribution in [0, 0.1) is 0 Å². The summed E-state index contributed by atoms with van der Waals surface area (Å²) in [4.78, 5) is 0. The molecule has 7 heteroatoms. The van der Waals surface area contributed by atoms with Crippen molar-refractivity contribution in [3.63, 3.8) is 0 Å². The molecule has 1 aromatic rings. The van der Waals surface area contributed by atoms with Gasteiger partial charge in [-0.2, -0.15) is 5.10 Å². The molecule has 1 rings (SSSR count). The SMILES string of the molecule is CCn1cc(NS(=O)(=O)CCNC(C)C)cn1. The van der Waals surface area contributed by atoms with Gasteiger partial charge in [-0.1, -0.05) is 13.8 Å². The summed E-state index contributed by atoms with van der Waals surface area (Å²) >= 11 is 0. The van der Waals surface area contributed by atoms with Gasteiger partial charge in [0.2, 0.25) is 10.0 Å². The van der Waals surface area contributed by atoms with Crippen LogP contribution in [0.15, 0.2) is 12.4 Å². The first kappa shape index (κ1) is 14.0. The van der Waals surface area contributed by atoms with Gasteiger partial charge in [0, 0.05) is 25.3 Å². The molecule has 2 N–H and O–H groups in total. The quantitative estimate of drug-likeness (QED) is 0.754. The lowest BCUT2D eigenvalue weighted by atomic mass is 10.4. The first-order chi connectivity index (χ1) is 7.93. The second-order valence-corrected chi connectivity index (χ2v) is 5.96. The van der Waals surface area contributed by atoms with Crippen LogP contribution in [0.2, 0.25) is 0 Å². The van der Waals surface area contributed by atoms with Gasteiger partial charge in [-0.15, -0.1) is 0 Å². The molecule has 0 radical (unpaired) electrons. The van der Waals surface area contributed by atoms with Gasteiger partial charge in [0.05, 0.1) is 17.6 Å². The summed E-state index contributed by atoms with van der Waals surface area (Å²) in [6, 6.07) is 0.285. The monoisotopic (exact) mass is 260 g/mol. The standard InChI is InChI=1S/C10H20N4O2S/c1-4-14-8-10(7-12-14)13-17(15,16)6-5-11-9(2)3/h7-9,11,13H,4-6H2,1-3H3. The Labute approximate surface area is 102 Å². The van der Waals surface area contributed by atoms with Gasteiger partial charge in [-0.3, -0.25) is 9.40 Å². The minimum atomic E-state index is -3.29. The van der Waals surface area contributed by atoms with Crippen molar-refractivity contribution in [3.05, 3.63) is 12.4 Å². The van der Waals surface area contributed by atoms with Crippen molar-refractivity contribution in [3.8, 4) is 0 Å². The van der Waals surface area contributed by atoms with Crippen molar-refractivity contribution in [1.82, 2.24) is 15.1 Å².